The standard InChI is InChI=1S/C24H31NO4/c1-4-7-9-14-22(29-24(28)18-12-10-8-11-13-18)23(27)20-16-15-19(26)17-21(20)25(5-2)6-3/h8,10-13,15-17,22,26H,4-7,9,14H2,1-3H3. The molecule has 0 radical (unpaired) electrons. The predicted octanol–water partition coefficient (Wildman–Crippen LogP) is 5.23. The lowest BCUT2D eigenvalue weighted by molar-refractivity contribution is 0.0263. The zero-order valence-corrected chi connectivity index (χ0v) is 17.6. The Morgan fingerprint density at radius 2 is 1.69 bits per heavy atom. The number of hydrogen-bond acceptors (Lipinski definition) is 5. The topological polar surface area (TPSA) is 66.8 Å². The molecule has 5 heteroatoms. The molecular weight excluding hydrogens is 366 g/mol. The molecule has 2 aromatic rings. The highest BCUT2D eigenvalue weighted by Crippen LogP contribution is 2.28. The van der Waals surface area contributed by atoms with Gasteiger partial charge in [-0.2, -0.15) is 0 Å². The molecule has 0 amide bonds. The van der Waals surface area contributed by atoms with Gasteiger partial charge in [-0.1, -0.05) is 38.0 Å². The Balaban J connectivity index is 2.33. The van der Waals surface area contributed by atoms with Crippen molar-refractivity contribution in [2.45, 2.75) is 52.6 Å². The van der Waals surface area contributed by atoms with Gasteiger partial charge in [0, 0.05) is 24.7 Å². The number of Topliss-reactive ketones (excluding diaryl/α,β-unsaturated/α-hetero) is 1. The van der Waals surface area contributed by atoms with Crippen LogP contribution in [0.2, 0.25) is 0 Å². The van der Waals surface area contributed by atoms with Gasteiger partial charge in [0.1, 0.15) is 5.75 Å². The van der Waals surface area contributed by atoms with Crippen LogP contribution < -0.4 is 4.90 Å². The van der Waals surface area contributed by atoms with Crippen LogP contribution in [0.25, 0.3) is 0 Å². The molecule has 0 heterocycles. The number of unbranched alkanes of at least 4 members (excludes halogenated alkanes) is 2. The Bertz CT molecular complexity index is 800. The fourth-order valence-electron chi connectivity index (χ4n) is 3.32. The fraction of sp³-hybridized carbons (Fsp3) is 0.417. The van der Waals surface area contributed by atoms with Crippen LogP contribution in [0.15, 0.2) is 48.5 Å². The third kappa shape index (κ3) is 6.08. The van der Waals surface area contributed by atoms with E-state index in [9.17, 15) is 14.7 Å². The van der Waals surface area contributed by atoms with E-state index in [1.165, 1.54) is 6.07 Å². The molecular formula is C24H31NO4. The van der Waals surface area contributed by atoms with Crippen molar-refractivity contribution in [3.05, 3.63) is 59.7 Å². The van der Waals surface area contributed by atoms with Gasteiger partial charge in [-0.05, 0) is 51.0 Å². The largest absolute Gasteiger partial charge is 0.508 e. The fourth-order valence-corrected chi connectivity index (χ4v) is 3.32. The van der Waals surface area contributed by atoms with Crippen LogP contribution in [-0.4, -0.2) is 36.1 Å². The minimum atomic E-state index is -0.854. The first-order valence-corrected chi connectivity index (χ1v) is 10.4. The van der Waals surface area contributed by atoms with Gasteiger partial charge in [-0.25, -0.2) is 4.79 Å². The molecule has 0 fully saturated rings. The summed E-state index contributed by atoms with van der Waals surface area (Å²) in [4.78, 5) is 28.0. The summed E-state index contributed by atoms with van der Waals surface area (Å²) in [6, 6.07) is 13.4. The summed E-state index contributed by atoms with van der Waals surface area (Å²) < 4.78 is 5.66. The van der Waals surface area contributed by atoms with Crippen molar-refractivity contribution in [1.82, 2.24) is 0 Å². The summed E-state index contributed by atoms with van der Waals surface area (Å²) >= 11 is 0. The van der Waals surface area contributed by atoms with Gasteiger partial charge in [-0.15, -0.1) is 0 Å². The van der Waals surface area contributed by atoms with Crippen molar-refractivity contribution in [2.24, 2.45) is 0 Å². The zero-order valence-electron chi connectivity index (χ0n) is 17.6. The van der Waals surface area contributed by atoms with Crippen LogP contribution in [-0.2, 0) is 4.74 Å². The molecule has 0 saturated heterocycles. The maximum atomic E-state index is 13.4. The molecule has 0 aromatic heterocycles. The number of rotatable bonds is 11. The Hall–Kier alpha value is -2.82. The third-order valence-electron chi connectivity index (χ3n) is 4.97. The van der Waals surface area contributed by atoms with Crippen LogP contribution in [0.5, 0.6) is 5.75 Å². The van der Waals surface area contributed by atoms with E-state index in [1.807, 2.05) is 24.8 Å². The van der Waals surface area contributed by atoms with Crippen molar-refractivity contribution in [3.63, 3.8) is 0 Å². The highest BCUT2D eigenvalue weighted by molar-refractivity contribution is 6.05. The third-order valence-corrected chi connectivity index (χ3v) is 4.97. The lowest BCUT2D eigenvalue weighted by Crippen LogP contribution is -2.30. The SMILES string of the molecule is CCCCCC(OC(=O)c1ccccc1)C(=O)c1ccc(O)cc1N(CC)CC. The molecule has 2 rings (SSSR count). The van der Waals surface area contributed by atoms with Gasteiger partial charge in [-0.3, -0.25) is 4.79 Å². The quantitative estimate of drug-likeness (QED) is 0.320. The van der Waals surface area contributed by atoms with E-state index in [0.29, 0.717) is 36.3 Å². The van der Waals surface area contributed by atoms with Crippen molar-refractivity contribution in [2.75, 3.05) is 18.0 Å². The molecule has 0 spiro atoms. The molecule has 156 valence electrons. The monoisotopic (exact) mass is 397 g/mol. The molecule has 0 bridgehead atoms. The summed E-state index contributed by atoms with van der Waals surface area (Å²) in [6.07, 6.45) is 2.40. The summed E-state index contributed by atoms with van der Waals surface area (Å²) in [7, 11) is 0. The second kappa shape index (κ2) is 11.2. The van der Waals surface area contributed by atoms with E-state index < -0.39 is 12.1 Å². The number of nitrogens with zero attached hydrogens (tertiary/aromatic N) is 1. The average molecular weight is 398 g/mol. The van der Waals surface area contributed by atoms with E-state index in [2.05, 4.69) is 6.92 Å². The first-order valence-electron chi connectivity index (χ1n) is 10.4. The van der Waals surface area contributed by atoms with Gasteiger partial charge in [0.05, 0.1) is 11.3 Å². The van der Waals surface area contributed by atoms with Gasteiger partial charge in [0.25, 0.3) is 0 Å². The number of aromatic hydroxyl groups is 1. The number of anilines is 1. The molecule has 1 atom stereocenters. The summed E-state index contributed by atoms with van der Waals surface area (Å²) in [5, 5.41) is 9.94. The number of benzene rings is 2. The van der Waals surface area contributed by atoms with E-state index in [1.54, 1.807) is 36.4 Å². The minimum absolute atomic E-state index is 0.104. The molecule has 2 aromatic carbocycles. The van der Waals surface area contributed by atoms with Crippen LogP contribution in [0, 0.1) is 0 Å². The van der Waals surface area contributed by atoms with Crippen LogP contribution >= 0.6 is 0 Å². The Kier molecular flexibility index (Phi) is 8.71. The van der Waals surface area contributed by atoms with Gasteiger partial charge in [0.15, 0.2) is 6.10 Å². The number of phenols is 1. The number of hydrogen-bond donors (Lipinski definition) is 1. The molecule has 0 aliphatic rings. The highest BCUT2D eigenvalue weighted by Gasteiger charge is 2.27. The summed E-state index contributed by atoms with van der Waals surface area (Å²) in [5.74, 6) is -0.622. The highest BCUT2D eigenvalue weighted by atomic mass is 16.5. The smallest absolute Gasteiger partial charge is 0.338 e. The minimum Gasteiger partial charge on any atom is -0.508 e. The second-order valence-corrected chi connectivity index (χ2v) is 6.99. The van der Waals surface area contributed by atoms with Crippen LogP contribution in [0.3, 0.4) is 0 Å². The number of phenolic OH excluding ortho intramolecular Hbond substituents is 1. The number of ketones is 1. The van der Waals surface area contributed by atoms with Gasteiger partial charge in [0.2, 0.25) is 5.78 Å². The lowest BCUT2D eigenvalue weighted by Gasteiger charge is -2.25. The maximum absolute atomic E-state index is 13.4. The van der Waals surface area contributed by atoms with Crippen LogP contribution in [0.4, 0.5) is 5.69 Å². The second-order valence-electron chi connectivity index (χ2n) is 6.99. The summed E-state index contributed by atoms with van der Waals surface area (Å²) in [5.41, 5.74) is 1.56. The number of esters is 1. The van der Waals surface area contributed by atoms with Crippen molar-refractivity contribution >= 4 is 17.4 Å². The zero-order chi connectivity index (χ0) is 21.2. The first-order chi connectivity index (χ1) is 14.0. The molecule has 1 unspecified atom stereocenters. The lowest BCUT2D eigenvalue weighted by atomic mass is 9.98. The van der Waals surface area contributed by atoms with Gasteiger partial charge >= 0.3 is 5.97 Å². The molecule has 1 N–H and O–H groups in total. The number of carbonyl (C=O) groups is 2. The normalized spacial score (nSPS) is 11.7. The maximum Gasteiger partial charge on any atom is 0.338 e. The van der Waals surface area contributed by atoms with Crippen molar-refractivity contribution in [3.8, 4) is 5.75 Å². The van der Waals surface area contributed by atoms with Crippen molar-refractivity contribution in [1.29, 1.82) is 0 Å². The van der Waals surface area contributed by atoms with Crippen LogP contribution in [0.1, 0.15) is 67.2 Å². The Morgan fingerprint density at radius 1 is 1.00 bits per heavy atom. The molecule has 0 aliphatic heterocycles. The van der Waals surface area contributed by atoms with E-state index in [0.717, 1.165) is 19.3 Å². The molecule has 0 saturated carbocycles. The molecule has 29 heavy (non-hydrogen) atoms. The number of carbonyl (C=O) groups excluding carboxylic acids is 2. The Morgan fingerprint density at radius 3 is 2.31 bits per heavy atom. The first kappa shape index (κ1) is 22.5. The van der Waals surface area contributed by atoms with E-state index >= 15 is 0 Å². The van der Waals surface area contributed by atoms with E-state index in [-0.39, 0.29) is 11.5 Å². The predicted molar refractivity (Wildman–Crippen MR) is 116 cm³/mol. The summed E-state index contributed by atoms with van der Waals surface area (Å²) in [6.45, 7) is 7.48. The Labute approximate surface area is 173 Å². The molecule has 5 nitrogen and oxygen atoms in total. The van der Waals surface area contributed by atoms with Gasteiger partial charge < -0.3 is 14.7 Å². The average Bonchev–Trinajstić information content (AvgIpc) is 2.74. The van der Waals surface area contributed by atoms with E-state index in [4.69, 9.17) is 4.74 Å². The van der Waals surface area contributed by atoms with Crippen molar-refractivity contribution < 1.29 is 19.4 Å². The number of ether oxygens (including phenoxy) is 1. The molecule has 0 aliphatic carbocycles.